The van der Waals surface area contributed by atoms with Gasteiger partial charge in [0.05, 0.1) is 0 Å². The van der Waals surface area contributed by atoms with Gasteiger partial charge in [-0.1, -0.05) is 18.5 Å². The normalized spacial score (nSPS) is 31.2. The smallest absolute Gasteiger partial charge is 0.0202 e. The Morgan fingerprint density at radius 1 is 1.69 bits per heavy atom. The molecule has 1 atom stereocenters. The molecule has 0 bridgehead atoms. The van der Waals surface area contributed by atoms with Crippen LogP contribution in [0.2, 0.25) is 0 Å². The van der Waals surface area contributed by atoms with Crippen LogP contribution in [0.15, 0.2) is 11.1 Å². The van der Waals surface area contributed by atoms with Crippen LogP contribution in [0.5, 0.6) is 0 Å². The summed E-state index contributed by atoms with van der Waals surface area (Å²) in [4.78, 5) is 2.42. The summed E-state index contributed by atoms with van der Waals surface area (Å²) in [6.07, 6.45) is 1.21. The van der Waals surface area contributed by atoms with Gasteiger partial charge < -0.3 is 5.73 Å². The van der Waals surface area contributed by atoms with E-state index in [1.807, 2.05) is 0 Å². The van der Waals surface area contributed by atoms with E-state index < -0.39 is 0 Å². The number of halogens is 1. The molecule has 2 N–H and O–H groups in total. The largest absolute Gasteiger partial charge is 0.330 e. The maximum Gasteiger partial charge on any atom is 0.0202 e. The fraction of sp³-hybridized carbons (Fsp3) is 0.800. The van der Waals surface area contributed by atoms with E-state index in [0.717, 1.165) is 26.2 Å². The molecule has 1 saturated heterocycles. The Bertz CT molecular complexity index is 203. The Morgan fingerprint density at radius 3 is 2.85 bits per heavy atom. The molecule has 0 aromatic rings. The van der Waals surface area contributed by atoms with Crippen LogP contribution < -0.4 is 5.73 Å². The van der Waals surface area contributed by atoms with E-state index in [1.165, 1.54) is 12.0 Å². The zero-order chi connectivity index (χ0) is 9.90. The molecule has 13 heavy (non-hydrogen) atoms. The van der Waals surface area contributed by atoms with Crippen LogP contribution in [0.3, 0.4) is 0 Å². The van der Waals surface area contributed by atoms with Crippen LogP contribution in [-0.2, 0) is 0 Å². The predicted octanol–water partition coefficient (Wildman–Crippen LogP) is 1.80. The fourth-order valence-corrected chi connectivity index (χ4v) is 1.88. The van der Waals surface area contributed by atoms with Crippen molar-refractivity contribution in [2.75, 3.05) is 26.2 Å². The quantitative estimate of drug-likeness (QED) is 0.757. The van der Waals surface area contributed by atoms with E-state index in [9.17, 15) is 0 Å². The van der Waals surface area contributed by atoms with Crippen molar-refractivity contribution in [3.8, 4) is 0 Å². The first-order valence-electron chi connectivity index (χ1n) is 4.78. The topological polar surface area (TPSA) is 29.3 Å². The maximum absolute atomic E-state index is 5.73. The van der Waals surface area contributed by atoms with Crippen LogP contribution >= 0.6 is 11.6 Å². The highest BCUT2D eigenvalue weighted by atomic mass is 35.5. The van der Waals surface area contributed by atoms with Crippen molar-refractivity contribution in [2.24, 2.45) is 11.1 Å². The third-order valence-electron chi connectivity index (χ3n) is 2.79. The summed E-state index contributed by atoms with van der Waals surface area (Å²) in [6.45, 7) is 8.34. The minimum Gasteiger partial charge on any atom is -0.330 e. The molecule has 1 unspecified atom stereocenters. The Hall–Kier alpha value is -0.0500. The molecule has 0 saturated carbocycles. The average molecular weight is 203 g/mol. The van der Waals surface area contributed by atoms with Gasteiger partial charge in [-0.25, -0.2) is 0 Å². The molecule has 0 aliphatic carbocycles. The summed E-state index contributed by atoms with van der Waals surface area (Å²) in [7, 11) is 0. The molecule has 1 heterocycles. The number of hydrogen-bond acceptors (Lipinski definition) is 2. The number of nitrogens with zero attached hydrogens (tertiary/aromatic N) is 1. The lowest BCUT2D eigenvalue weighted by Gasteiger charge is -2.22. The van der Waals surface area contributed by atoms with E-state index in [-0.39, 0.29) is 0 Å². The minimum atomic E-state index is 0.326. The summed E-state index contributed by atoms with van der Waals surface area (Å²) in [6, 6.07) is 0. The lowest BCUT2D eigenvalue weighted by molar-refractivity contribution is 0.296. The zero-order valence-electron chi connectivity index (χ0n) is 8.52. The molecular weight excluding hydrogens is 184 g/mol. The predicted molar refractivity (Wildman–Crippen MR) is 57.8 cm³/mol. The lowest BCUT2D eigenvalue weighted by Crippen LogP contribution is -2.31. The first-order chi connectivity index (χ1) is 6.09. The molecule has 0 aromatic carbocycles. The monoisotopic (exact) mass is 202 g/mol. The third-order valence-corrected chi connectivity index (χ3v) is 3.16. The van der Waals surface area contributed by atoms with Gasteiger partial charge in [-0.2, -0.15) is 0 Å². The molecule has 0 radical (unpaired) electrons. The van der Waals surface area contributed by atoms with Crippen LogP contribution in [0.1, 0.15) is 20.3 Å². The molecule has 0 aromatic heterocycles. The standard InChI is InChI=1S/C10H19ClN2/c1-9(5-11)6-13-4-3-10(2,7-12)8-13/h5H,3-4,6-8,12H2,1-2H3. The first-order valence-corrected chi connectivity index (χ1v) is 5.21. The summed E-state index contributed by atoms with van der Waals surface area (Å²) < 4.78 is 0. The summed E-state index contributed by atoms with van der Waals surface area (Å²) >= 11 is 5.62. The molecule has 3 heteroatoms. The van der Waals surface area contributed by atoms with Gasteiger partial charge in [-0.3, -0.25) is 4.90 Å². The van der Waals surface area contributed by atoms with Gasteiger partial charge in [-0.05, 0) is 37.4 Å². The number of hydrogen-bond donors (Lipinski definition) is 1. The minimum absolute atomic E-state index is 0.326. The Labute approximate surface area is 85.7 Å². The number of likely N-dealkylation sites (tertiary alicyclic amines) is 1. The lowest BCUT2D eigenvalue weighted by atomic mass is 9.90. The van der Waals surface area contributed by atoms with Gasteiger partial charge in [0.15, 0.2) is 0 Å². The Kier molecular flexibility index (Phi) is 3.77. The third kappa shape index (κ3) is 2.97. The van der Waals surface area contributed by atoms with Crippen LogP contribution in [0.25, 0.3) is 0 Å². The number of rotatable bonds is 3. The highest BCUT2D eigenvalue weighted by molar-refractivity contribution is 6.25. The highest BCUT2D eigenvalue weighted by Crippen LogP contribution is 2.28. The molecule has 0 amide bonds. The zero-order valence-corrected chi connectivity index (χ0v) is 9.27. The molecule has 1 aliphatic heterocycles. The number of nitrogens with two attached hydrogens (primary N) is 1. The molecule has 2 nitrogen and oxygen atoms in total. The maximum atomic E-state index is 5.73. The molecular formula is C10H19ClN2. The van der Waals surface area contributed by atoms with Crippen LogP contribution in [-0.4, -0.2) is 31.1 Å². The Balaban J connectivity index is 2.41. The van der Waals surface area contributed by atoms with Crippen molar-refractivity contribution in [2.45, 2.75) is 20.3 Å². The van der Waals surface area contributed by atoms with E-state index in [0.29, 0.717) is 5.41 Å². The van der Waals surface area contributed by atoms with E-state index in [2.05, 4.69) is 18.7 Å². The Morgan fingerprint density at radius 2 is 2.38 bits per heavy atom. The van der Waals surface area contributed by atoms with Crippen LogP contribution in [0.4, 0.5) is 0 Å². The van der Waals surface area contributed by atoms with Crippen molar-refractivity contribution in [1.29, 1.82) is 0 Å². The summed E-state index contributed by atoms with van der Waals surface area (Å²) in [5, 5.41) is 0. The molecule has 76 valence electrons. The molecule has 1 fully saturated rings. The van der Waals surface area contributed by atoms with Crippen molar-refractivity contribution >= 4 is 11.6 Å². The van der Waals surface area contributed by atoms with Gasteiger partial charge in [0.1, 0.15) is 0 Å². The molecule has 1 rings (SSSR count). The van der Waals surface area contributed by atoms with Crippen LogP contribution in [0, 0.1) is 5.41 Å². The summed E-state index contributed by atoms with van der Waals surface area (Å²) in [5.74, 6) is 0. The fourth-order valence-electron chi connectivity index (χ4n) is 1.81. The second-order valence-electron chi connectivity index (χ2n) is 4.43. The van der Waals surface area contributed by atoms with Crippen molar-refractivity contribution in [3.05, 3.63) is 11.1 Å². The van der Waals surface area contributed by atoms with Crippen molar-refractivity contribution < 1.29 is 0 Å². The molecule has 0 spiro atoms. The highest BCUT2D eigenvalue weighted by Gasteiger charge is 2.31. The second kappa shape index (κ2) is 4.45. The first kappa shape index (κ1) is 11.0. The van der Waals surface area contributed by atoms with E-state index in [4.69, 9.17) is 17.3 Å². The summed E-state index contributed by atoms with van der Waals surface area (Å²) in [5.41, 5.74) is 8.94. The van der Waals surface area contributed by atoms with Gasteiger partial charge in [0.25, 0.3) is 0 Å². The van der Waals surface area contributed by atoms with E-state index >= 15 is 0 Å². The van der Waals surface area contributed by atoms with Gasteiger partial charge in [0, 0.05) is 18.6 Å². The van der Waals surface area contributed by atoms with Gasteiger partial charge >= 0.3 is 0 Å². The second-order valence-corrected chi connectivity index (χ2v) is 4.65. The van der Waals surface area contributed by atoms with Gasteiger partial charge in [-0.15, -0.1) is 0 Å². The van der Waals surface area contributed by atoms with Crippen molar-refractivity contribution in [3.63, 3.8) is 0 Å². The van der Waals surface area contributed by atoms with Gasteiger partial charge in [0.2, 0.25) is 0 Å². The SMILES string of the molecule is CC(=CCl)CN1CCC(C)(CN)C1. The van der Waals surface area contributed by atoms with E-state index in [1.54, 1.807) is 5.54 Å². The average Bonchev–Trinajstić information content (AvgIpc) is 2.48. The van der Waals surface area contributed by atoms with Crippen molar-refractivity contribution in [1.82, 2.24) is 4.90 Å². The molecule has 1 aliphatic rings.